The molecule has 2 aromatic carbocycles. The van der Waals surface area contributed by atoms with Crippen molar-refractivity contribution in [2.45, 2.75) is 0 Å². The molecule has 3 rings (SSSR count). The van der Waals surface area contributed by atoms with Crippen LogP contribution in [0.15, 0.2) is 56.5 Å². The summed E-state index contributed by atoms with van der Waals surface area (Å²) >= 11 is 9.32. The number of nitrogens with one attached hydrogen (secondary N) is 1. The van der Waals surface area contributed by atoms with Crippen LogP contribution >= 0.6 is 27.5 Å². The lowest BCUT2D eigenvalue weighted by Crippen LogP contribution is -2.33. The number of halogens is 2. The molecule has 6 heteroatoms. The molecule has 1 N–H and O–H groups in total. The van der Waals surface area contributed by atoms with E-state index in [-0.39, 0.29) is 0 Å². The van der Waals surface area contributed by atoms with Gasteiger partial charge in [0.15, 0.2) is 0 Å². The Morgan fingerprint density at radius 3 is 2.60 bits per heavy atom. The van der Waals surface area contributed by atoms with E-state index < -0.39 is 11.2 Å². The zero-order valence-corrected chi connectivity index (χ0v) is 12.4. The fourth-order valence-corrected chi connectivity index (χ4v) is 2.66. The van der Waals surface area contributed by atoms with E-state index >= 15 is 0 Å². The third-order valence-corrected chi connectivity index (χ3v) is 3.76. The summed E-state index contributed by atoms with van der Waals surface area (Å²) < 4.78 is 1.87. The highest BCUT2D eigenvalue weighted by molar-refractivity contribution is 9.10. The minimum absolute atomic E-state index is 0.345. The minimum Gasteiger partial charge on any atom is -0.305 e. The molecule has 0 unspecified atom stereocenters. The summed E-state index contributed by atoms with van der Waals surface area (Å²) in [4.78, 5) is 27.3. The van der Waals surface area contributed by atoms with Crippen molar-refractivity contribution in [3.63, 3.8) is 0 Å². The van der Waals surface area contributed by atoms with Crippen molar-refractivity contribution < 1.29 is 0 Å². The molecular formula is C14H8BrClN2O2. The number of benzene rings is 2. The van der Waals surface area contributed by atoms with Gasteiger partial charge in [0.05, 0.1) is 21.6 Å². The van der Waals surface area contributed by atoms with Gasteiger partial charge >= 0.3 is 5.69 Å². The first-order valence-corrected chi connectivity index (χ1v) is 6.94. The Kier molecular flexibility index (Phi) is 3.23. The number of fused-ring (bicyclic) bond motifs is 1. The molecule has 0 atom stereocenters. The van der Waals surface area contributed by atoms with Crippen molar-refractivity contribution in [1.29, 1.82) is 0 Å². The van der Waals surface area contributed by atoms with Gasteiger partial charge in [-0.15, -0.1) is 0 Å². The van der Waals surface area contributed by atoms with E-state index in [0.717, 1.165) is 9.04 Å². The van der Waals surface area contributed by atoms with Gasteiger partial charge in [0.1, 0.15) is 0 Å². The molecule has 20 heavy (non-hydrogen) atoms. The Morgan fingerprint density at radius 2 is 1.85 bits per heavy atom. The van der Waals surface area contributed by atoms with Gasteiger partial charge in [0.25, 0.3) is 5.56 Å². The van der Waals surface area contributed by atoms with Crippen molar-refractivity contribution >= 4 is 38.4 Å². The third-order valence-electron chi connectivity index (χ3n) is 2.95. The Morgan fingerprint density at radius 1 is 1.10 bits per heavy atom. The quantitative estimate of drug-likeness (QED) is 0.732. The predicted molar refractivity (Wildman–Crippen MR) is 82.9 cm³/mol. The van der Waals surface area contributed by atoms with Crippen LogP contribution in [0.4, 0.5) is 0 Å². The minimum atomic E-state index is -0.520. The second-order valence-corrected chi connectivity index (χ2v) is 5.54. The fourth-order valence-electron chi connectivity index (χ4n) is 2.05. The lowest BCUT2D eigenvalue weighted by atomic mass is 10.2. The molecular weight excluding hydrogens is 344 g/mol. The van der Waals surface area contributed by atoms with Gasteiger partial charge in [-0.1, -0.05) is 39.7 Å². The highest BCUT2D eigenvalue weighted by Crippen LogP contribution is 2.18. The molecule has 0 fully saturated rings. The fraction of sp³-hybridized carbons (Fsp3) is 0. The molecule has 100 valence electrons. The van der Waals surface area contributed by atoms with E-state index in [1.807, 2.05) is 6.07 Å². The van der Waals surface area contributed by atoms with Crippen LogP contribution in [0.3, 0.4) is 0 Å². The number of hydrogen-bond donors (Lipinski definition) is 1. The molecule has 0 aliphatic rings. The number of nitrogens with zero attached hydrogens (tertiary/aromatic N) is 1. The van der Waals surface area contributed by atoms with Crippen LogP contribution < -0.4 is 11.2 Å². The van der Waals surface area contributed by atoms with Crippen molar-refractivity contribution in [2.75, 3.05) is 0 Å². The standard InChI is InChI=1S/C14H8BrClN2O2/c15-8-3-1-4-9(7-8)18-13(19)10-5-2-6-11(16)12(10)17-14(18)20/h1-7H,(H,17,20). The van der Waals surface area contributed by atoms with Crippen LogP contribution in [-0.4, -0.2) is 9.55 Å². The van der Waals surface area contributed by atoms with Gasteiger partial charge in [-0.3, -0.25) is 4.79 Å². The second kappa shape index (κ2) is 4.92. The van der Waals surface area contributed by atoms with E-state index in [0.29, 0.717) is 21.6 Å². The topological polar surface area (TPSA) is 54.9 Å². The molecule has 3 aromatic rings. The Hall–Kier alpha value is -1.85. The average Bonchev–Trinajstić information content (AvgIpc) is 2.40. The maximum atomic E-state index is 12.5. The molecule has 0 radical (unpaired) electrons. The Balaban J connectivity index is 2.44. The predicted octanol–water partition coefficient (Wildman–Crippen LogP) is 3.09. The molecule has 0 bridgehead atoms. The molecule has 4 nitrogen and oxygen atoms in total. The summed E-state index contributed by atoms with van der Waals surface area (Å²) in [5, 5.41) is 0.718. The van der Waals surface area contributed by atoms with Crippen molar-refractivity contribution in [1.82, 2.24) is 9.55 Å². The maximum absolute atomic E-state index is 12.5. The molecule has 0 spiro atoms. The van der Waals surface area contributed by atoms with Crippen LogP contribution in [0.25, 0.3) is 16.6 Å². The summed E-state index contributed by atoms with van der Waals surface area (Å²) in [5.74, 6) is 0. The van der Waals surface area contributed by atoms with Gasteiger partial charge in [-0.25, -0.2) is 9.36 Å². The van der Waals surface area contributed by atoms with Crippen LogP contribution in [0.2, 0.25) is 5.02 Å². The Bertz CT molecular complexity index is 930. The lowest BCUT2D eigenvalue weighted by molar-refractivity contribution is 0.901. The second-order valence-electron chi connectivity index (χ2n) is 4.21. The number of H-pyrrole nitrogens is 1. The largest absolute Gasteiger partial charge is 0.333 e. The first kappa shape index (κ1) is 13.1. The maximum Gasteiger partial charge on any atom is 0.333 e. The number of para-hydroxylation sites is 1. The molecule has 0 amide bonds. The van der Waals surface area contributed by atoms with Crippen molar-refractivity contribution in [3.8, 4) is 5.69 Å². The van der Waals surface area contributed by atoms with Gasteiger partial charge < -0.3 is 4.98 Å². The van der Waals surface area contributed by atoms with Crippen LogP contribution in [0.1, 0.15) is 0 Å². The zero-order chi connectivity index (χ0) is 14.3. The van der Waals surface area contributed by atoms with Crippen LogP contribution in [0.5, 0.6) is 0 Å². The summed E-state index contributed by atoms with van der Waals surface area (Å²) in [6, 6.07) is 11.9. The highest BCUT2D eigenvalue weighted by Gasteiger charge is 2.11. The molecule has 1 aromatic heterocycles. The molecule has 1 heterocycles. The van der Waals surface area contributed by atoms with Crippen molar-refractivity contribution in [2.24, 2.45) is 0 Å². The molecule has 0 saturated carbocycles. The first-order chi connectivity index (χ1) is 9.58. The van der Waals surface area contributed by atoms with E-state index in [4.69, 9.17) is 11.6 Å². The van der Waals surface area contributed by atoms with Crippen LogP contribution in [-0.2, 0) is 0 Å². The summed E-state index contributed by atoms with van der Waals surface area (Å²) in [7, 11) is 0. The average molecular weight is 352 g/mol. The highest BCUT2D eigenvalue weighted by atomic mass is 79.9. The van der Waals surface area contributed by atoms with Crippen molar-refractivity contribution in [3.05, 3.63) is 72.8 Å². The number of aromatic nitrogens is 2. The number of hydrogen-bond acceptors (Lipinski definition) is 2. The third kappa shape index (κ3) is 2.09. The summed E-state index contributed by atoms with van der Waals surface area (Å²) in [5.41, 5.74) is -0.0686. The molecule has 0 saturated heterocycles. The zero-order valence-electron chi connectivity index (χ0n) is 10.1. The van der Waals surface area contributed by atoms with Gasteiger partial charge in [-0.2, -0.15) is 0 Å². The first-order valence-electron chi connectivity index (χ1n) is 5.77. The monoisotopic (exact) mass is 350 g/mol. The number of rotatable bonds is 1. The van der Waals surface area contributed by atoms with E-state index in [9.17, 15) is 9.59 Å². The summed E-state index contributed by atoms with van der Waals surface area (Å²) in [6.45, 7) is 0. The van der Waals surface area contributed by atoms with Gasteiger partial charge in [0, 0.05) is 4.47 Å². The van der Waals surface area contributed by atoms with E-state index in [1.165, 1.54) is 0 Å². The lowest BCUT2D eigenvalue weighted by Gasteiger charge is -2.07. The SMILES string of the molecule is O=c1[nH]c2c(Cl)cccc2c(=O)n1-c1cccc(Br)c1. The van der Waals surface area contributed by atoms with Gasteiger partial charge in [-0.05, 0) is 30.3 Å². The molecule has 0 aliphatic carbocycles. The van der Waals surface area contributed by atoms with Crippen LogP contribution in [0, 0.1) is 0 Å². The summed E-state index contributed by atoms with van der Waals surface area (Å²) in [6.07, 6.45) is 0. The van der Waals surface area contributed by atoms with E-state index in [2.05, 4.69) is 20.9 Å². The Labute approximate surface area is 126 Å². The smallest absolute Gasteiger partial charge is 0.305 e. The van der Waals surface area contributed by atoms with Gasteiger partial charge in [0.2, 0.25) is 0 Å². The normalized spacial score (nSPS) is 10.9. The number of aromatic amines is 1. The molecule has 0 aliphatic heterocycles. The van der Waals surface area contributed by atoms with E-state index in [1.54, 1.807) is 36.4 Å².